The second-order valence-electron chi connectivity index (χ2n) is 8.54. The van der Waals surface area contributed by atoms with Crippen LogP contribution in [0, 0.1) is 17.3 Å². The molecule has 0 heterocycles. The molecule has 142 valence electrons. The smallest absolute Gasteiger partial charge is 0.302 e. The molecule has 0 spiro atoms. The minimum Gasteiger partial charge on any atom is -0.493 e. The number of hydrogen-bond acceptors (Lipinski definition) is 4. The Kier molecular flexibility index (Phi) is 4.40. The highest BCUT2D eigenvalue weighted by atomic mass is 16.5. The Morgan fingerprint density at radius 2 is 1.81 bits per heavy atom. The number of carbonyl (C=O) groups excluding carboxylic acids is 1. The van der Waals surface area contributed by atoms with Crippen molar-refractivity contribution in [2.45, 2.75) is 64.4 Å². The number of fused-ring (bicyclic) bond motifs is 5. The third-order valence-corrected chi connectivity index (χ3v) is 7.45. The summed E-state index contributed by atoms with van der Waals surface area (Å²) in [7, 11) is 3.42. The molecular formula is C22H30O4. The van der Waals surface area contributed by atoms with Crippen LogP contribution >= 0.6 is 0 Å². The molecule has 5 unspecified atom stereocenters. The first-order valence-electron chi connectivity index (χ1n) is 9.90. The van der Waals surface area contributed by atoms with E-state index < -0.39 is 0 Å². The highest BCUT2D eigenvalue weighted by molar-refractivity contribution is 5.66. The fourth-order valence-corrected chi connectivity index (χ4v) is 6.24. The van der Waals surface area contributed by atoms with E-state index in [4.69, 9.17) is 14.2 Å². The first kappa shape index (κ1) is 17.7. The van der Waals surface area contributed by atoms with E-state index in [1.54, 1.807) is 21.1 Å². The lowest BCUT2D eigenvalue weighted by molar-refractivity contribution is -0.154. The van der Waals surface area contributed by atoms with Crippen LogP contribution in [0.4, 0.5) is 0 Å². The number of carbonyl (C=O) groups is 1. The van der Waals surface area contributed by atoms with Gasteiger partial charge in [0.2, 0.25) is 0 Å². The molecule has 0 saturated heterocycles. The number of ether oxygens (including phenoxy) is 3. The van der Waals surface area contributed by atoms with Crippen LogP contribution in [-0.2, 0) is 16.0 Å². The molecule has 0 radical (unpaired) electrons. The van der Waals surface area contributed by atoms with Crippen LogP contribution in [-0.4, -0.2) is 26.3 Å². The van der Waals surface area contributed by atoms with E-state index in [0.29, 0.717) is 17.8 Å². The number of aryl methyl sites for hydroxylation is 1. The molecule has 4 heteroatoms. The van der Waals surface area contributed by atoms with Crippen molar-refractivity contribution in [3.8, 4) is 11.5 Å². The molecule has 0 bridgehead atoms. The van der Waals surface area contributed by atoms with Crippen molar-refractivity contribution in [1.29, 1.82) is 0 Å². The summed E-state index contributed by atoms with van der Waals surface area (Å²) in [5, 5.41) is 0. The van der Waals surface area contributed by atoms with Crippen LogP contribution < -0.4 is 9.47 Å². The van der Waals surface area contributed by atoms with Crippen molar-refractivity contribution in [1.82, 2.24) is 0 Å². The summed E-state index contributed by atoms with van der Waals surface area (Å²) in [5.41, 5.74) is 3.01. The molecule has 2 fully saturated rings. The van der Waals surface area contributed by atoms with Gasteiger partial charge >= 0.3 is 5.97 Å². The first-order chi connectivity index (χ1) is 12.5. The molecule has 0 amide bonds. The van der Waals surface area contributed by atoms with Gasteiger partial charge in [-0.3, -0.25) is 4.79 Å². The van der Waals surface area contributed by atoms with Gasteiger partial charge in [0.15, 0.2) is 11.5 Å². The number of benzene rings is 1. The molecule has 0 aliphatic heterocycles. The van der Waals surface area contributed by atoms with E-state index in [9.17, 15) is 4.79 Å². The van der Waals surface area contributed by atoms with Gasteiger partial charge < -0.3 is 14.2 Å². The van der Waals surface area contributed by atoms with Gasteiger partial charge in [-0.1, -0.05) is 6.92 Å². The van der Waals surface area contributed by atoms with Gasteiger partial charge in [-0.2, -0.15) is 0 Å². The van der Waals surface area contributed by atoms with Crippen LogP contribution in [0.25, 0.3) is 0 Å². The fraction of sp³-hybridized carbons (Fsp3) is 0.682. The monoisotopic (exact) mass is 358 g/mol. The molecule has 4 nitrogen and oxygen atoms in total. The number of methoxy groups -OCH3 is 2. The summed E-state index contributed by atoms with van der Waals surface area (Å²) >= 11 is 0. The Labute approximate surface area is 156 Å². The van der Waals surface area contributed by atoms with Gasteiger partial charge in [0.05, 0.1) is 14.2 Å². The molecule has 5 atom stereocenters. The molecule has 3 aliphatic rings. The topological polar surface area (TPSA) is 44.8 Å². The zero-order valence-electron chi connectivity index (χ0n) is 16.3. The van der Waals surface area contributed by atoms with Gasteiger partial charge in [0.25, 0.3) is 0 Å². The van der Waals surface area contributed by atoms with Crippen LogP contribution in [0.15, 0.2) is 12.1 Å². The van der Waals surface area contributed by atoms with Gasteiger partial charge in [0, 0.05) is 12.3 Å². The minimum absolute atomic E-state index is 0.0951. The lowest BCUT2D eigenvalue weighted by Crippen LogP contribution is -2.45. The second kappa shape index (κ2) is 6.47. The van der Waals surface area contributed by atoms with Crippen molar-refractivity contribution in [3.63, 3.8) is 0 Å². The Bertz CT molecular complexity index is 712. The van der Waals surface area contributed by atoms with Crippen LogP contribution in [0.2, 0.25) is 0 Å². The highest BCUT2D eigenvalue weighted by Crippen LogP contribution is 2.62. The summed E-state index contributed by atoms with van der Waals surface area (Å²) in [6, 6.07) is 4.39. The van der Waals surface area contributed by atoms with Gasteiger partial charge in [0.1, 0.15) is 6.10 Å². The van der Waals surface area contributed by atoms with E-state index in [-0.39, 0.29) is 17.5 Å². The predicted octanol–water partition coefficient (Wildman–Crippen LogP) is 4.49. The van der Waals surface area contributed by atoms with Crippen LogP contribution in [0.3, 0.4) is 0 Å². The molecule has 0 aromatic heterocycles. The highest BCUT2D eigenvalue weighted by Gasteiger charge is 2.56. The SMILES string of the molecule is COc1cc2c(cc1OC)C1CCC3(C)C(OC(C)=O)CCC3C1CC2. The first-order valence-corrected chi connectivity index (χ1v) is 9.90. The van der Waals surface area contributed by atoms with Crippen molar-refractivity contribution >= 4 is 5.97 Å². The molecule has 0 N–H and O–H groups in total. The Morgan fingerprint density at radius 1 is 1.08 bits per heavy atom. The average Bonchev–Trinajstić information content (AvgIpc) is 2.96. The van der Waals surface area contributed by atoms with Gasteiger partial charge in [-0.25, -0.2) is 0 Å². The number of esters is 1. The van der Waals surface area contributed by atoms with E-state index in [1.807, 2.05) is 0 Å². The summed E-state index contributed by atoms with van der Waals surface area (Å²) in [5.74, 6) is 3.45. The van der Waals surface area contributed by atoms with Crippen molar-refractivity contribution < 1.29 is 19.0 Å². The van der Waals surface area contributed by atoms with E-state index in [2.05, 4.69) is 19.1 Å². The fourth-order valence-electron chi connectivity index (χ4n) is 6.24. The summed E-state index contributed by atoms with van der Waals surface area (Å²) in [6.07, 6.45) is 6.91. The molecule has 3 aliphatic carbocycles. The molecule has 4 rings (SSSR count). The third-order valence-electron chi connectivity index (χ3n) is 7.45. The quantitative estimate of drug-likeness (QED) is 0.747. The van der Waals surface area contributed by atoms with Crippen molar-refractivity contribution in [3.05, 3.63) is 23.3 Å². The lowest BCUT2D eigenvalue weighted by atomic mass is 9.55. The largest absolute Gasteiger partial charge is 0.493 e. The molecule has 1 aromatic rings. The minimum atomic E-state index is -0.134. The Balaban J connectivity index is 1.65. The third kappa shape index (κ3) is 2.60. The van der Waals surface area contributed by atoms with E-state index in [0.717, 1.165) is 37.2 Å². The summed E-state index contributed by atoms with van der Waals surface area (Å²) in [6.45, 7) is 3.90. The average molecular weight is 358 g/mol. The van der Waals surface area contributed by atoms with Crippen molar-refractivity contribution in [2.24, 2.45) is 17.3 Å². The summed E-state index contributed by atoms with van der Waals surface area (Å²) in [4.78, 5) is 11.5. The van der Waals surface area contributed by atoms with Gasteiger partial charge in [-0.15, -0.1) is 0 Å². The predicted molar refractivity (Wildman–Crippen MR) is 99.7 cm³/mol. The number of hydrogen-bond donors (Lipinski definition) is 0. The van der Waals surface area contributed by atoms with Gasteiger partial charge in [-0.05, 0) is 79.5 Å². The Hall–Kier alpha value is -1.71. The standard InChI is InChI=1S/C22H30O4/c1-13(23)26-21-8-7-18-16-6-5-14-11-19(24-3)20(25-4)12-17(14)15(16)9-10-22(18,21)2/h11-12,15-16,18,21H,5-10H2,1-4H3. The van der Waals surface area contributed by atoms with Crippen LogP contribution in [0.1, 0.15) is 63.0 Å². The molecular weight excluding hydrogens is 328 g/mol. The van der Waals surface area contributed by atoms with Crippen molar-refractivity contribution in [2.75, 3.05) is 14.2 Å². The number of rotatable bonds is 3. The zero-order valence-corrected chi connectivity index (χ0v) is 16.3. The maximum absolute atomic E-state index is 11.5. The molecule has 1 aromatic carbocycles. The van der Waals surface area contributed by atoms with E-state index >= 15 is 0 Å². The molecule has 26 heavy (non-hydrogen) atoms. The normalized spacial score (nSPS) is 35.1. The Morgan fingerprint density at radius 3 is 2.50 bits per heavy atom. The van der Waals surface area contributed by atoms with Crippen LogP contribution in [0.5, 0.6) is 11.5 Å². The molecule has 2 saturated carbocycles. The second-order valence-corrected chi connectivity index (χ2v) is 8.54. The summed E-state index contributed by atoms with van der Waals surface area (Å²) < 4.78 is 16.8. The zero-order chi connectivity index (χ0) is 18.5. The lowest BCUT2D eigenvalue weighted by Gasteiger charge is -2.50. The maximum atomic E-state index is 11.5. The van der Waals surface area contributed by atoms with E-state index in [1.165, 1.54) is 24.0 Å². The maximum Gasteiger partial charge on any atom is 0.302 e.